The molecule has 1 aliphatic rings. The van der Waals surface area contributed by atoms with E-state index in [1.807, 2.05) is 0 Å². The van der Waals surface area contributed by atoms with Gasteiger partial charge < -0.3 is 4.74 Å². The van der Waals surface area contributed by atoms with Crippen molar-refractivity contribution in [2.24, 2.45) is 0 Å². The lowest BCUT2D eigenvalue weighted by Crippen LogP contribution is -1.96. The van der Waals surface area contributed by atoms with Gasteiger partial charge in [0.25, 0.3) is 0 Å². The molecule has 0 bridgehead atoms. The molecule has 0 saturated carbocycles. The Labute approximate surface area is 75.1 Å². The van der Waals surface area contributed by atoms with Crippen molar-refractivity contribution < 1.29 is 9.13 Å². The fourth-order valence-electron chi connectivity index (χ4n) is 1.14. The highest BCUT2D eigenvalue weighted by molar-refractivity contribution is 6.30. The molecule has 1 nitrogen and oxygen atoms in total. The van der Waals surface area contributed by atoms with E-state index in [0.29, 0.717) is 12.0 Å². The lowest BCUT2D eigenvalue weighted by atomic mass is 10.1. The minimum Gasteiger partial charge on any atom is -0.373 e. The maximum absolute atomic E-state index is 13.2. The van der Waals surface area contributed by atoms with Gasteiger partial charge >= 0.3 is 0 Å². The second kappa shape index (κ2) is 3.04. The maximum Gasteiger partial charge on any atom is 0.145 e. The van der Waals surface area contributed by atoms with E-state index in [9.17, 15) is 4.39 Å². The highest BCUT2D eigenvalue weighted by Gasteiger charge is 2.24. The van der Waals surface area contributed by atoms with Crippen LogP contribution >= 0.6 is 11.6 Å². The first-order chi connectivity index (χ1) is 5.77. The lowest BCUT2D eigenvalue weighted by molar-refractivity contribution is 0.405. The highest BCUT2D eigenvalue weighted by Crippen LogP contribution is 2.22. The van der Waals surface area contributed by atoms with Crippen LogP contribution in [-0.4, -0.2) is 12.7 Å². The molecule has 0 amide bonds. The number of hydrogen-bond acceptors (Lipinski definition) is 1. The van der Waals surface area contributed by atoms with Gasteiger partial charge in [0.2, 0.25) is 0 Å². The molecule has 1 aromatic carbocycles. The average molecular weight is 187 g/mol. The molecule has 12 heavy (non-hydrogen) atoms. The molecule has 64 valence electrons. The third-order valence-electron chi connectivity index (χ3n) is 1.88. The molecule has 1 heterocycles. The third kappa shape index (κ3) is 1.59. The largest absolute Gasteiger partial charge is 0.373 e. The highest BCUT2D eigenvalue weighted by atomic mass is 35.5. The topological polar surface area (TPSA) is 12.5 Å². The van der Waals surface area contributed by atoms with E-state index in [-0.39, 0.29) is 16.9 Å². The van der Waals surface area contributed by atoms with Crippen LogP contribution in [0, 0.1) is 5.82 Å². The Bertz CT molecular complexity index is 297. The SMILES string of the molecule is Fc1c(Cl)cccc1CC1CO1. The monoisotopic (exact) mass is 186 g/mol. The number of halogens is 2. The van der Waals surface area contributed by atoms with Gasteiger partial charge in [-0.3, -0.25) is 0 Å². The van der Waals surface area contributed by atoms with E-state index >= 15 is 0 Å². The third-order valence-corrected chi connectivity index (χ3v) is 2.17. The molecule has 0 aliphatic carbocycles. The zero-order valence-corrected chi connectivity index (χ0v) is 7.14. The Kier molecular flexibility index (Phi) is 2.03. The van der Waals surface area contributed by atoms with Crippen LogP contribution in [0.15, 0.2) is 18.2 Å². The summed E-state index contributed by atoms with van der Waals surface area (Å²) in [5, 5.41) is 0.188. The number of hydrogen-bond donors (Lipinski definition) is 0. The maximum atomic E-state index is 13.2. The van der Waals surface area contributed by atoms with Gasteiger partial charge in [0.15, 0.2) is 0 Å². The zero-order valence-electron chi connectivity index (χ0n) is 6.39. The van der Waals surface area contributed by atoms with Crippen molar-refractivity contribution in [1.29, 1.82) is 0 Å². The summed E-state index contributed by atoms with van der Waals surface area (Å²) in [7, 11) is 0. The van der Waals surface area contributed by atoms with Gasteiger partial charge in [0, 0.05) is 6.42 Å². The molecular formula is C9H8ClFO. The molecule has 0 spiro atoms. The van der Waals surface area contributed by atoms with E-state index < -0.39 is 0 Å². The molecule has 1 aromatic rings. The van der Waals surface area contributed by atoms with Crippen LogP contribution in [0.4, 0.5) is 4.39 Å². The van der Waals surface area contributed by atoms with Crippen LogP contribution in [0.5, 0.6) is 0 Å². The van der Waals surface area contributed by atoms with E-state index in [1.54, 1.807) is 18.2 Å². The van der Waals surface area contributed by atoms with Crippen LogP contribution in [0.3, 0.4) is 0 Å². The van der Waals surface area contributed by atoms with Gasteiger partial charge in [0.05, 0.1) is 17.7 Å². The minimum atomic E-state index is -0.310. The summed E-state index contributed by atoms with van der Waals surface area (Å²) in [4.78, 5) is 0. The van der Waals surface area contributed by atoms with Gasteiger partial charge in [-0.1, -0.05) is 23.7 Å². The standard InChI is InChI=1S/C9H8ClFO/c10-8-3-1-2-6(9(8)11)4-7-5-12-7/h1-3,7H,4-5H2. The summed E-state index contributed by atoms with van der Waals surface area (Å²) in [6.07, 6.45) is 0.838. The van der Waals surface area contributed by atoms with Crippen LogP contribution in [-0.2, 0) is 11.2 Å². The molecule has 0 radical (unpaired) electrons. The Morgan fingerprint density at radius 1 is 1.58 bits per heavy atom. The number of rotatable bonds is 2. The van der Waals surface area contributed by atoms with Crippen LogP contribution in [0.25, 0.3) is 0 Å². The fourth-order valence-corrected chi connectivity index (χ4v) is 1.33. The number of ether oxygens (including phenoxy) is 1. The zero-order chi connectivity index (χ0) is 8.55. The van der Waals surface area contributed by atoms with E-state index in [4.69, 9.17) is 16.3 Å². The van der Waals surface area contributed by atoms with Crippen molar-refractivity contribution in [1.82, 2.24) is 0 Å². The van der Waals surface area contributed by atoms with Crippen LogP contribution in [0.1, 0.15) is 5.56 Å². The van der Waals surface area contributed by atoms with Gasteiger partial charge in [0.1, 0.15) is 5.82 Å². The normalized spacial score (nSPS) is 21.0. The predicted molar refractivity (Wildman–Crippen MR) is 44.9 cm³/mol. The molecule has 1 atom stereocenters. The summed E-state index contributed by atoms with van der Waals surface area (Å²) in [6.45, 7) is 0.742. The summed E-state index contributed by atoms with van der Waals surface area (Å²) in [5.74, 6) is -0.310. The molecule has 2 rings (SSSR count). The molecular weight excluding hydrogens is 179 g/mol. The summed E-state index contributed by atoms with van der Waals surface area (Å²) in [5.41, 5.74) is 0.644. The second-order valence-corrected chi connectivity index (χ2v) is 3.28. The molecule has 3 heteroatoms. The number of epoxide rings is 1. The minimum absolute atomic E-state index is 0.188. The Balaban J connectivity index is 2.23. The first kappa shape index (κ1) is 8.02. The van der Waals surface area contributed by atoms with E-state index in [0.717, 1.165) is 6.61 Å². The van der Waals surface area contributed by atoms with Gasteiger partial charge in [-0.05, 0) is 11.6 Å². The van der Waals surface area contributed by atoms with Gasteiger partial charge in [-0.25, -0.2) is 4.39 Å². The number of benzene rings is 1. The quantitative estimate of drug-likeness (QED) is 0.647. The first-order valence-corrected chi connectivity index (χ1v) is 4.19. The van der Waals surface area contributed by atoms with Crippen molar-refractivity contribution in [2.75, 3.05) is 6.61 Å². The summed E-state index contributed by atoms with van der Waals surface area (Å²) in [6, 6.07) is 5.04. The smallest absolute Gasteiger partial charge is 0.145 e. The van der Waals surface area contributed by atoms with Crippen LogP contribution < -0.4 is 0 Å². The Morgan fingerprint density at radius 3 is 3.00 bits per heavy atom. The van der Waals surface area contributed by atoms with Crippen molar-refractivity contribution in [3.05, 3.63) is 34.6 Å². The molecule has 1 aliphatic heterocycles. The fraction of sp³-hybridized carbons (Fsp3) is 0.333. The first-order valence-electron chi connectivity index (χ1n) is 3.82. The van der Waals surface area contributed by atoms with Crippen molar-refractivity contribution >= 4 is 11.6 Å². The van der Waals surface area contributed by atoms with Crippen molar-refractivity contribution in [2.45, 2.75) is 12.5 Å². The van der Waals surface area contributed by atoms with Crippen molar-refractivity contribution in [3.8, 4) is 0 Å². The van der Waals surface area contributed by atoms with Crippen molar-refractivity contribution in [3.63, 3.8) is 0 Å². The predicted octanol–water partition coefficient (Wildman–Crippen LogP) is 2.42. The van der Waals surface area contributed by atoms with Gasteiger partial charge in [-0.15, -0.1) is 0 Å². The summed E-state index contributed by atoms with van der Waals surface area (Å²) < 4.78 is 18.2. The molecule has 1 fully saturated rings. The lowest BCUT2D eigenvalue weighted by Gasteiger charge is -2.00. The second-order valence-electron chi connectivity index (χ2n) is 2.87. The van der Waals surface area contributed by atoms with Gasteiger partial charge in [-0.2, -0.15) is 0 Å². The van der Waals surface area contributed by atoms with E-state index in [2.05, 4.69) is 0 Å². The molecule has 1 saturated heterocycles. The van der Waals surface area contributed by atoms with Crippen LogP contribution in [0.2, 0.25) is 5.02 Å². The summed E-state index contributed by atoms with van der Waals surface area (Å²) >= 11 is 5.60. The Morgan fingerprint density at radius 2 is 2.33 bits per heavy atom. The molecule has 0 aromatic heterocycles. The average Bonchev–Trinajstić information content (AvgIpc) is 2.83. The Hall–Kier alpha value is -0.600. The molecule has 0 N–H and O–H groups in total. The molecule has 1 unspecified atom stereocenters. The van der Waals surface area contributed by atoms with E-state index in [1.165, 1.54) is 0 Å².